The molecule has 11 heteroatoms. The van der Waals surface area contributed by atoms with E-state index in [2.05, 4.69) is 15.9 Å². The van der Waals surface area contributed by atoms with Crippen LogP contribution in [-0.4, -0.2) is 40.5 Å². The zero-order valence-corrected chi connectivity index (χ0v) is 22.7. The van der Waals surface area contributed by atoms with Crippen molar-refractivity contribution in [3.05, 3.63) is 86.8 Å². The van der Waals surface area contributed by atoms with Crippen LogP contribution in [0, 0.1) is 17.9 Å². The molecule has 190 valence electrons. The molecule has 1 saturated heterocycles. The number of halogens is 2. The lowest BCUT2D eigenvalue weighted by Gasteiger charge is -2.16. The Kier molecular flexibility index (Phi) is 8.15. The Morgan fingerprint density at radius 3 is 2.53 bits per heavy atom. The lowest BCUT2D eigenvalue weighted by atomic mass is 10.0. The second kappa shape index (κ2) is 11.7. The molecule has 0 radical (unpaired) electrons. The van der Waals surface area contributed by atoms with E-state index in [1.165, 1.54) is 23.1 Å². The molecule has 5 rings (SSSR count). The van der Waals surface area contributed by atoms with Gasteiger partial charge in [-0.1, -0.05) is 59.2 Å². The summed E-state index contributed by atoms with van der Waals surface area (Å²) in [7, 11) is 0. The smallest absolute Gasteiger partial charge is 0.232 e. The summed E-state index contributed by atoms with van der Waals surface area (Å²) in [5, 5.41) is 24.0. The third kappa shape index (κ3) is 5.64. The highest BCUT2D eigenvalue weighted by Crippen LogP contribution is 2.43. The van der Waals surface area contributed by atoms with Crippen LogP contribution in [0.25, 0.3) is 26.5 Å². The van der Waals surface area contributed by atoms with E-state index in [-0.39, 0.29) is 23.0 Å². The molecular formula is C27H18Cl2N4O3S2. The van der Waals surface area contributed by atoms with Gasteiger partial charge in [0.1, 0.15) is 39.2 Å². The molecule has 0 saturated carbocycles. The van der Waals surface area contributed by atoms with E-state index in [0.717, 1.165) is 16.3 Å². The summed E-state index contributed by atoms with van der Waals surface area (Å²) < 4.78 is 11.0. The van der Waals surface area contributed by atoms with Crippen LogP contribution in [0.2, 0.25) is 10.2 Å². The molecule has 4 aromatic rings. The number of ether oxygens (including phenoxy) is 2. The van der Waals surface area contributed by atoms with Crippen LogP contribution < -0.4 is 4.74 Å². The van der Waals surface area contributed by atoms with Crippen molar-refractivity contribution in [3.8, 4) is 33.5 Å². The molecule has 2 aromatic heterocycles. The minimum Gasteiger partial charge on any atom is -0.485 e. The molecule has 0 amide bonds. The average Bonchev–Trinajstić information content (AvgIpc) is 3.57. The molecule has 2 atom stereocenters. The van der Waals surface area contributed by atoms with E-state index in [1.807, 2.05) is 29.6 Å². The van der Waals surface area contributed by atoms with Gasteiger partial charge in [-0.05, 0) is 29.8 Å². The number of aliphatic hydroxyl groups excluding tert-OH is 1. The Labute approximate surface area is 237 Å². The predicted molar refractivity (Wildman–Crippen MR) is 149 cm³/mol. The maximum atomic E-state index is 10.1. The van der Waals surface area contributed by atoms with Crippen molar-refractivity contribution in [3.63, 3.8) is 0 Å². The van der Waals surface area contributed by atoms with E-state index in [1.54, 1.807) is 24.3 Å². The number of hydrogen-bond acceptors (Lipinski definition) is 8. The lowest BCUT2D eigenvalue weighted by Crippen LogP contribution is -2.29. The van der Waals surface area contributed by atoms with Crippen molar-refractivity contribution < 1.29 is 14.6 Å². The molecule has 0 bridgehead atoms. The van der Waals surface area contributed by atoms with Gasteiger partial charge in [0.15, 0.2) is 0 Å². The van der Waals surface area contributed by atoms with Crippen molar-refractivity contribution in [2.24, 2.45) is 0 Å². The van der Waals surface area contributed by atoms with E-state index in [9.17, 15) is 10.4 Å². The number of thioether (sulfide) groups is 1. The average molecular weight is 582 g/mol. The van der Waals surface area contributed by atoms with Crippen LogP contribution in [0.1, 0.15) is 11.3 Å². The molecule has 0 unspecified atom stereocenters. The standard InChI is InChI=1S/C27H18Cl2N4O3S2/c1-31-24-23(15-4-8-19(9-5-15)36-22-12-35-11-21(22)34)20(10-30)27(33-25(24)29)38-14-18-13-37-26(32-18)16-2-6-17(28)7-3-16/h2-9,13,21-22,34H,11-12,14H2/t21-,22-/m0/s1. The molecule has 1 fully saturated rings. The van der Waals surface area contributed by atoms with Crippen LogP contribution in [-0.2, 0) is 10.5 Å². The summed E-state index contributed by atoms with van der Waals surface area (Å²) >= 11 is 15.3. The summed E-state index contributed by atoms with van der Waals surface area (Å²) in [6.07, 6.45) is -1.13. The summed E-state index contributed by atoms with van der Waals surface area (Å²) in [5.74, 6) is 1.01. The predicted octanol–water partition coefficient (Wildman–Crippen LogP) is 7.03. The van der Waals surface area contributed by atoms with Crippen LogP contribution >= 0.6 is 46.3 Å². The fourth-order valence-electron chi connectivity index (χ4n) is 3.87. The second-order valence-corrected chi connectivity index (χ2v) is 10.9. The van der Waals surface area contributed by atoms with Crippen LogP contribution in [0.4, 0.5) is 5.69 Å². The minimum atomic E-state index is -0.688. The van der Waals surface area contributed by atoms with Gasteiger partial charge in [-0.2, -0.15) is 5.26 Å². The van der Waals surface area contributed by atoms with Gasteiger partial charge in [0, 0.05) is 27.3 Å². The van der Waals surface area contributed by atoms with Gasteiger partial charge in [-0.3, -0.25) is 0 Å². The van der Waals surface area contributed by atoms with E-state index in [0.29, 0.717) is 39.3 Å². The first kappa shape index (κ1) is 26.5. The number of aromatic nitrogens is 2. The Bertz CT molecular complexity index is 1550. The monoisotopic (exact) mass is 580 g/mol. The van der Waals surface area contributed by atoms with Gasteiger partial charge in [0.25, 0.3) is 0 Å². The number of aliphatic hydroxyl groups is 1. The maximum absolute atomic E-state index is 10.1. The largest absolute Gasteiger partial charge is 0.485 e. The third-order valence-corrected chi connectivity index (χ3v) is 8.21. The number of benzene rings is 2. The fraction of sp³-hybridized carbons (Fsp3) is 0.185. The molecule has 0 spiro atoms. The van der Waals surface area contributed by atoms with Crippen LogP contribution in [0.15, 0.2) is 58.9 Å². The number of nitrogens with zero attached hydrogens (tertiary/aromatic N) is 4. The molecular weight excluding hydrogens is 563 g/mol. The third-order valence-electron chi connectivity index (χ3n) is 5.75. The highest BCUT2D eigenvalue weighted by Gasteiger charge is 2.28. The van der Waals surface area contributed by atoms with E-state index < -0.39 is 12.2 Å². The number of thiazole rings is 1. The topological polar surface area (TPSA) is 92.6 Å². The van der Waals surface area contributed by atoms with Crippen LogP contribution in [0.5, 0.6) is 5.75 Å². The highest BCUT2D eigenvalue weighted by atomic mass is 35.5. The summed E-state index contributed by atoms with van der Waals surface area (Å²) in [4.78, 5) is 12.6. The molecule has 1 aliphatic rings. The zero-order valence-electron chi connectivity index (χ0n) is 19.6. The number of pyridine rings is 1. The Morgan fingerprint density at radius 1 is 1.13 bits per heavy atom. The van der Waals surface area contributed by atoms with Gasteiger partial charge in [0.05, 0.1) is 31.0 Å². The highest BCUT2D eigenvalue weighted by molar-refractivity contribution is 7.98. The number of nitriles is 1. The van der Waals surface area contributed by atoms with Gasteiger partial charge in [-0.15, -0.1) is 11.3 Å². The summed E-state index contributed by atoms with van der Waals surface area (Å²) in [6, 6.07) is 16.7. The first-order chi connectivity index (χ1) is 18.5. The number of rotatable bonds is 7. The van der Waals surface area contributed by atoms with Gasteiger partial charge < -0.3 is 14.6 Å². The summed E-state index contributed by atoms with van der Waals surface area (Å²) in [6.45, 7) is 8.21. The molecule has 3 heterocycles. The minimum absolute atomic E-state index is 0.0307. The Balaban J connectivity index is 1.40. The molecule has 7 nitrogen and oxygen atoms in total. The normalized spacial score (nSPS) is 16.7. The van der Waals surface area contributed by atoms with Crippen molar-refractivity contribution in [1.82, 2.24) is 9.97 Å². The van der Waals surface area contributed by atoms with Gasteiger partial charge in [0.2, 0.25) is 5.69 Å². The molecule has 38 heavy (non-hydrogen) atoms. The maximum Gasteiger partial charge on any atom is 0.232 e. The van der Waals surface area contributed by atoms with Crippen LogP contribution in [0.3, 0.4) is 0 Å². The molecule has 2 aromatic carbocycles. The molecule has 1 N–H and O–H groups in total. The lowest BCUT2D eigenvalue weighted by molar-refractivity contribution is 0.0733. The number of hydrogen-bond donors (Lipinski definition) is 1. The first-order valence-corrected chi connectivity index (χ1v) is 14.0. The Hall–Kier alpha value is -3.15. The fourth-order valence-corrected chi connectivity index (χ4v) is 6.08. The van der Waals surface area contributed by atoms with Gasteiger partial charge in [-0.25, -0.2) is 14.8 Å². The van der Waals surface area contributed by atoms with Crippen molar-refractivity contribution >= 4 is 52.0 Å². The van der Waals surface area contributed by atoms with E-state index in [4.69, 9.17) is 44.2 Å². The molecule has 1 aliphatic heterocycles. The van der Waals surface area contributed by atoms with E-state index >= 15 is 0 Å². The van der Waals surface area contributed by atoms with Crippen molar-refractivity contribution in [2.75, 3.05) is 13.2 Å². The Morgan fingerprint density at radius 2 is 1.87 bits per heavy atom. The summed E-state index contributed by atoms with van der Waals surface area (Å²) in [5.41, 5.74) is 3.24. The quantitative estimate of drug-likeness (QED) is 0.142. The van der Waals surface area contributed by atoms with Crippen molar-refractivity contribution in [2.45, 2.75) is 23.0 Å². The van der Waals surface area contributed by atoms with Gasteiger partial charge >= 0.3 is 0 Å². The SMILES string of the molecule is [C-]#[N+]c1c(Cl)nc(SCc2csc(-c3ccc(Cl)cc3)n2)c(C#N)c1-c1ccc(O[C@H]2COC[C@@H]2O)cc1. The van der Waals surface area contributed by atoms with Crippen molar-refractivity contribution in [1.29, 1.82) is 5.26 Å². The second-order valence-electron chi connectivity index (χ2n) is 8.26. The zero-order chi connectivity index (χ0) is 26.6. The molecule has 0 aliphatic carbocycles. The first-order valence-electron chi connectivity index (χ1n) is 11.3.